The first-order chi connectivity index (χ1) is 6.90. The van der Waals surface area contributed by atoms with E-state index in [0.717, 1.165) is 11.8 Å². The second-order valence-corrected chi connectivity index (χ2v) is 4.13. The van der Waals surface area contributed by atoms with Crippen LogP contribution in [0.4, 0.5) is 0 Å². The lowest BCUT2D eigenvalue weighted by Crippen LogP contribution is -2.01. The third kappa shape index (κ3) is 2.16. The zero-order valence-electron chi connectivity index (χ0n) is 7.99. The smallest absolute Gasteiger partial charge is 0.0245 e. The second kappa shape index (κ2) is 4.61. The molecular formula is C13H13Br. The molecule has 14 heavy (non-hydrogen) atoms. The van der Waals surface area contributed by atoms with E-state index >= 15 is 0 Å². The Kier molecular flexibility index (Phi) is 3.20. The monoisotopic (exact) mass is 248 g/mol. The summed E-state index contributed by atoms with van der Waals surface area (Å²) >= 11 is 3.51. The van der Waals surface area contributed by atoms with E-state index in [2.05, 4.69) is 64.5 Å². The molecule has 1 heteroatoms. The van der Waals surface area contributed by atoms with Crippen LogP contribution in [0.5, 0.6) is 0 Å². The van der Waals surface area contributed by atoms with Gasteiger partial charge in [-0.1, -0.05) is 70.1 Å². The molecule has 1 aliphatic rings. The van der Waals surface area contributed by atoms with Crippen LogP contribution in [0.3, 0.4) is 0 Å². The number of hydrogen-bond donors (Lipinski definition) is 0. The molecule has 0 fully saturated rings. The van der Waals surface area contributed by atoms with Gasteiger partial charge in [-0.25, -0.2) is 0 Å². The predicted octanol–water partition coefficient (Wildman–Crippen LogP) is 4.05. The number of rotatable bonds is 2. The molecule has 0 amide bonds. The molecular weight excluding hydrogens is 236 g/mol. The van der Waals surface area contributed by atoms with Crippen LogP contribution in [0.2, 0.25) is 0 Å². The van der Waals surface area contributed by atoms with Gasteiger partial charge in [0.1, 0.15) is 0 Å². The molecule has 2 rings (SSSR count). The highest BCUT2D eigenvalue weighted by Gasteiger charge is 2.11. The van der Waals surface area contributed by atoms with Crippen LogP contribution in [0.15, 0.2) is 54.1 Å². The van der Waals surface area contributed by atoms with Gasteiger partial charge >= 0.3 is 0 Å². The molecule has 72 valence electrons. The van der Waals surface area contributed by atoms with Crippen molar-refractivity contribution in [2.45, 2.75) is 12.3 Å². The van der Waals surface area contributed by atoms with Gasteiger partial charge in [0.25, 0.3) is 0 Å². The van der Waals surface area contributed by atoms with E-state index in [1.54, 1.807) is 0 Å². The minimum absolute atomic E-state index is 0.564. The molecule has 0 N–H and O–H groups in total. The lowest BCUT2D eigenvalue weighted by molar-refractivity contribution is 0.817. The summed E-state index contributed by atoms with van der Waals surface area (Å²) in [7, 11) is 0. The summed E-state index contributed by atoms with van der Waals surface area (Å²) in [4.78, 5) is 0. The van der Waals surface area contributed by atoms with Crippen molar-refractivity contribution in [1.29, 1.82) is 0 Å². The van der Waals surface area contributed by atoms with Crippen LogP contribution >= 0.6 is 15.9 Å². The van der Waals surface area contributed by atoms with Gasteiger partial charge in [-0.3, -0.25) is 0 Å². The molecule has 0 radical (unpaired) electrons. The summed E-state index contributed by atoms with van der Waals surface area (Å²) in [6.07, 6.45) is 7.79. The Morgan fingerprint density at radius 2 is 2.00 bits per heavy atom. The summed E-state index contributed by atoms with van der Waals surface area (Å²) in [6, 6.07) is 10.7. The minimum atomic E-state index is 0.564. The molecule has 1 aliphatic carbocycles. The molecule has 0 spiro atoms. The Labute approximate surface area is 93.5 Å². The van der Waals surface area contributed by atoms with E-state index in [1.165, 1.54) is 11.1 Å². The molecule has 0 aliphatic heterocycles. The molecule has 1 aromatic rings. The van der Waals surface area contributed by atoms with Gasteiger partial charge in [0.05, 0.1) is 0 Å². The maximum Gasteiger partial charge on any atom is 0.0245 e. The zero-order valence-corrected chi connectivity index (χ0v) is 9.57. The topological polar surface area (TPSA) is 0 Å². The van der Waals surface area contributed by atoms with Crippen LogP contribution in [0, 0.1) is 0 Å². The quantitative estimate of drug-likeness (QED) is 0.693. The van der Waals surface area contributed by atoms with Crippen molar-refractivity contribution in [2.75, 3.05) is 5.33 Å². The lowest BCUT2D eigenvalue weighted by atomic mass is 9.89. The average molecular weight is 249 g/mol. The Morgan fingerprint density at radius 3 is 2.71 bits per heavy atom. The van der Waals surface area contributed by atoms with Crippen LogP contribution in [0.1, 0.15) is 17.9 Å². The van der Waals surface area contributed by atoms with Crippen molar-refractivity contribution in [1.82, 2.24) is 0 Å². The fraction of sp³-hybridized carbons (Fsp3) is 0.231. The summed E-state index contributed by atoms with van der Waals surface area (Å²) < 4.78 is 0. The number of benzene rings is 1. The molecule has 0 aromatic heterocycles. The largest absolute Gasteiger partial charge is 0.0880 e. The molecule has 0 heterocycles. The first-order valence-electron chi connectivity index (χ1n) is 4.87. The van der Waals surface area contributed by atoms with E-state index in [-0.39, 0.29) is 0 Å². The third-order valence-corrected chi connectivity index (χ3v) is 3.28. The minimum Gasteiger partial charge on any atom is -0.0880 e. The van der Waals surface area contributed by atoms with Crippen LogP contribution in [-0.4, -0.2) is 5.33 Å². The molecule has 0 bridgehead atoms. The van der Waals surface area contributed by atoms with E-state index in [0.29, 0.717) is 5.92 Å². The normalized spacial score (nSPS) is 20.6. The zero-order chi connectivity index (χ0) is 9.80. The van der Waals surface area contributed by atoms with Crippen molar-refractivity contribution >= 4 is 15.9 Å². The average Bonchev–Trinajstić information content (AvgIpc) is 2.30. The second-order valence-electron chi connectivity index (χ2n) is 3.56. The summed E-state index contributed by atoms with van der Waals surface area (Å²) in [5.41, 5.74) is 2.89. The molecule has 1 unspecified atom stereocenters. The molecule has 1 atom stereocenters. The predicted molar refractivity (Wildman–Crippen MR) is 64.8 cm³/mol. The summed E-state index contributed by atoms with van der Waals surface area (Å²) in [6.45, 7) is 0. The van der Waals surface area contributed by atoms with Crippen LogP contribution in [0.25, 0.3) is 0 Å². The Bertz CT molecular complexity index is 349. The van der Waals surface area contributed by atoms with Crippen molar-refractivity contribution in [2.24, 2.45) is 0 Å². The first kappa shape index (κ1) is 9.72. The third-order valence-electron chi connectivity index (χ3n) is 2.56. The highest BCUT2D eigenvalue weighted by molar-refractivity contribution is 9.09. The highest BCUT2D eigenvalue weighted by atomic mass is 79.9. The van der Waals surface area contributed by atoms with E-state index in [1.807, 2.05) is 0 Å². The standard InChI is InChI=1S/C13H13Br/c14-10-11-5-4-8-13(9-11)12-6-2-1-3-7-12/h1-8,13H,9-10H2. The van der Waals surface area contributed by atoms with Gasteiger partial charge in [-0.2, -0.15) is 0 Å². The van der Waals surface area contributed by atoms with Gasteiger partial charge in [0.2, 0.25) is 0 Å². The maximum absolute atomic E-state index is 3.51. The SMILES string of the molecule is BrCC1=CC=CC(c2ccccc2)C1. The van der Waals surface area contributed by atoms with Gasteiger partial charge in [0.15, 0.2) is 0 Å². The van der Waals surface area contributed by atoms with Crippen molar-refractivity contribution < 1.29 is 0 Å². The van der Waals surface area contributed by atoms with Gasteiger partial charge < -0.3 is 0 Å². The fourth-order valence-electron chi connectivity index (χ4n) is 1.77. The fourth-order valence-corrected chi connectivity index (χ4v) is 2.19. The lowest BCUT2D eigenvalue weighted by Gasteiger charge is -2.17. The van der Waals surface area contributed by atoms with Gasteiger partial charge in [-0.15, -0.1) is 0 Å². The molecule has 1 aromatic carbocycles. The van der Waals surface area contributed by atoms with Crippen molar-refractivity contribution in [3.05, 3.63) is 59.7 Å². The Hall–Kier alpha value is -0.820. The van der Waals surface area contributed by atoms with E-state index in [4.69, 9.17) is 0 Å². The van der Waals surface area contributed by atoms with Crippen molar-refractivity contribution in [3.8, 4) is 0 Å². The number of allylic oxidation sites excluding steroid dienone is 4. The van der Waals surface area contributed by atoms with Crippen LogP contribution < -0.4 is 0 Å². The Balaban J connectivity index is 2.16. The van der Waals surface area contributed by atoms with E-state index in [9.17, 15) is 0 Å². The first-order valence-corrected chi connectivity index (χ1v) is 5.99. The highest BCUT2D eigenvalue weighted by Crippen LogP contribution is 2.28. The number of hydrogen-bond acceptors (Lipinski definition) is 0. The van der Waals surface area contributed by atoms with Crippen molar-refractivity contribution in [3.63, 3.8) is 0 Å². The van der Waals surface area contributed by atoms with Gasteiger partial charge in [-0.05, 0) is 12.0 Å². The summed E-state index contributed by atoms with van der Waals surface area (Å²) in [5.74, 6) is 0.564. The Morgan fingerprint density at radius 1 is 1.21 bits per heavy atom. The molecule has 0 nitrogen and oxygen atoms in total. The maximum atomic E-state index is 3.51. The number of halogens is 1. The summed E-state index contributed by atoms with van der Waals surface area (Å²) in [5, 5.41) is 0.987. The number of alkyl halides is 1. The molecule has 0 saturated heterocycles. The molecule has 0 saturated carbocycles. The van der Waals surface area contributed by atoms with Crippen LogP contribution in [-0.2, 0) is 0 Å². The van der Waals surface area contributed by atoms with E-state index < -0.39 is 0 Å². The van der Waals surface area contributed by atoms with Gasteiger partial charge in [0, 0.05) is 11.2 Å².